The van der Waals surface area contributed by atoms with E-state index in [-0.39, 0.29) is 37.4 Å². The van der Waals surface area contributed by atoms with Crippen LogP contribution in [0.4, 0.5) is 23.9 Å². The average Bonchev–Trinajstić information content (AvgIpc) is 2.89. The fourth-order valence-corrected chi connectivity index (χ4v) is 3.87. The summed E-state index contributed by atoms with van der Waals surface area (Å²) < 4.78 is 72.4. The number of rotatable bonds is 3. The number of likely N-dealkylation sites (N-methyl/N-ethyl adjacent to an activating group) is 1. The van der Waals surface area contributed by atoms with Gasteiger partial charge in [-0.1, -0.05) is 0 Å². The largest absolute Gasteiger partial charge is 0.534 e. The minimum atomic E-state index is -5.93. The number of fused-ring (bicyclic) bond motifs is 1. The smallest absolute Gasteiger partial charge is 0.444 e. The molecule has 0 N–H and O–H groups in total. The van der Waals surface area contributed by atoms with Crippen LogP contribution in [-0.4, -0.2) is 91.7 Å². The standard InChI is InChI=1S/C19H28F3N5O5S/c1-18(2,3)31-17(28)27-7-5-13-14(6-8-27)23-16(26-11-9-25(4)10-12-26)24-15(13)32-33(29,30)19(20,21)22/h5-12H2,1-4H3. The number of halogens is 3. The molecular weight excluding hydrogens is 467 g/mol. The molecule has 0 atom stereocenters. The van der Waals surface area contributed by atoms with Crippen molar-refractivity contribution in [2.45, 2.75) is 44.7 Å². The molecule has 0 bridgehead atoms. The summed E-state index contributed by atoms with van der Waals surface area (Å²) in [6.07, 6.45) is -0.381. The molecule has 1 aromatic heterocycles. The van der Waals surface area contributed by atoms with E-state index in [2.05, 4.69) is 19.1 Å². The Morgan fingerprint density at radius 2 is 1.58 bits per heavy atom. The molecule has 2 aliphatic heterocycles. The van der Waals surface area contributed by atoms with Gasteiger partial charge in [-0.15, -0.1) is 0 Å². The third-order valence-corrected chi connectivity index (χ3v) is 6.15. The van der Waals surface area contributed by atoms with Crippen molar-refractivity contribution in [3.63, 3.8) is 0 Å². The van der Waals surface area contributed by atoms with Gasteiger partial charge in [-0.2, -0.15) is 26.6 Å². The van der Waals surface area contributed by atoms with Gasteiger partial charge >= 0.3 is 21.7 Å². The second-order valence-electron chi connectivity index (χ2n) is 8.99. The van der Waals surface area contributed by atoms with Crippen LogP contribution in [0.25, 0.3) is 0 Å². The molecule has 14 heteroatoms. The SMILES string of the molecule is CN1CCN(c2nc3c(c(OS(=O)(=O)C(F)(F)F)n2)CCN(C(=O)OC(C)(C)C)CC3)CC1. The molecule has 0 spiro atoms. The first kappa shape index (κ1) is 25.3. The lowest BCUT2D eigenvalue weighted by Crippen LogP contribution is -2.45. The van der Waals surface area contributed by atoms with E-state index in [9.17, 15) is 26.4 Å². The number of ether oxygens (including phenoxy) is 1. The highest BCUT2D eigenvalue weighted by Crippen LogP contribution is 2.32. The van der Waals surface area contributed by atoms with Crippen LogP contribution in [0, 0.1) is 0 Å². The second kappa shape index (κ2) is 9.12. The molecule has 0 saturated carbocycles. The highest BCUT2D eigenvalue weighted by atomic mass is 32.2. The molecule has 0 unspecified atom stereocenters. The predicted molar refractivity (Wildman–Crippen MR) is 113 cm³/mol. The molecule has 1 fully saturated rings. The fourth-order valence-electron chi connectivity index (χ4n) is 3.43. The number of amides is 1. The Labute approximate surface area is 190 Å². The van der Waals surface area contributed by atoms with Crippen molar-refractivity contribution in [1.82, 2.24) is 19.8 Å². The zero-order valence-electron chi connectivity index (χ0n) is 19.0. The molecule has 186 valence electrons. The lowest BCUT2D eigenvalue weighted by atomic mass is 10.1. The van der Waals surface area contributed by atoms with Crippen molar-refractivity contribution in [3.05, 3.63) is 11.3 Å². The van der Waals surface area contributed by atoms with E-state index >= 15 is 0 Å². The van der Waals surface area contributed by atoms with E-state index < -0.39 is 33.2 Å². The molecule has 2 aliphatic rings. The maximum absolute atomic E-state index is 13.0. The van der Waals surface area contributed by atoms with Crippen LogP contribution in [0.2, 0.25) is 0 Å². The molecule has 1 amide bonds. The minimum absolute atomic E-state index is 0.0142. The van der Waals surface area contributed by atoms with Gasteiger partial charge in [0.2, 0.25) is 11.8 Å². The lowest BCUT2D eigenvalue weighted by molar-refractivity contribution is -0.0501. The fraction of sp³-hybridized carbons (Fsp3) is 0.737. The first-order valence-electron chi connectivity index (χ1n) is 10.5. The van der Waals surface area contributed by atoms with Gasteiger partial charge in [-0.3, -0.25) is 0 Å². The highest BCUT2D eigenvalue weighted by Gasteiger charge is 2.49. The molecule has 33 heavy (non-hydrogen) atoms. The minimum Gasteiger partial charge on any atom is -0.444 e. The van der Waals surface area contributed by atoms with Crippen molar-refractivity contribution in [2.75, 3.05) is 51.2 Å². The Morgan fingerprint density at radius 1 is 0.970 bits per heavy atom. The number of piperazine rings is 1. The monoisotopic (exact) mass is 495 g/mol. The molecule has 0 aliphatic carbocycles. The van der Waals surface area contributed by atoms with E-state index in [1.165, 1.54) is 4.90 Å². The summed E-state index contributed by atoms with van der Waals surface area (Å²) in [6.45, 7) is 7.86. The van der Waals surface area contributed by atoms with Gasteiger partial charge in [0.15, 0.2) is 0 Å². The van der Waals surface area contributed by atoms with Crippen molar-refractivity contribution in [1.29, 1.82) is 0 Å². The van der Waals surface area contributed by atoms with E-state index in [4.69, 9.17) is 4.74 Å². The molecular formula is C19H28F3N5O5S. The Kier molecular flexibility index (Phi) is 6.99. The zero-order chi connectivity index (χ0) is 24.6. The van der Waals surface area contributed by atoms with E-state index in [1.807, 2.05) is 7.05 Å². The second-order valence-corrected chi connectivity index (χ2v) is 10.5. The number of carbonyl (C=O) groups excluding carboxylic acids is 1. The summed E-state index contributed by atoms with van der Waals surface area (Å²) in [5.41, 5.74) is -5.85. The maximum atomic E-state index is 13.0. The van der Waals surface area contributed by atoms with Crippen molar-refractivity contribution in [2.24, 2.45) is 0 Å². The van der Waals surface area contributed by atoms with Crippen LogP contribution in [0.1, 0.15) is 32.0 Å². The maximum Gasteiger partial charge on any atom is 0.534 e. The Hall–Kier alpha value is -2.35. The van der Waals surface area contributed by atoms with E-state index in [1.54, 1.807) is 25.7 Å². The summed E-state index contributed by atoms with van der Waals surface area (Å²) in [4.78, 5) is 26.3. The Balaban J connectivity index is 1.94. The number of anilines is 1. The summed E-state index contributed by atoms with van der Waals surface area (Å²) >= 11 is 0. The van der Waals surface area contributed by atoms with Crippen LogP contribution in [-0.2, 0) is 27.7 Å². The molecule has 1 saturated heterocycles. The quantitative estimate of drug-likeness (QED) is 0.458. The van der Waals surface area contributed by atoms with E-state index in [0.717, 1.165) is 0 Å². The van der Waals surface area contributed by atoms with Crippen molar-refractivity contribution in [3.8, 4) is 5.88 Å². The number of hydrogen-bond donors (Lipinski definition) is 0. The first-order valence-corrected chi connectivity index (χ1v) is 11.9. The van der Waals surface area contributed by atoms with Crippen LogP contribution >= 0.6 is 0 Å². The summed E-state index contributed by atoms with van der Waals surface area (Å²) in [5, 5.41) is 0. The molecule has 0 radical (unpaired) electrons. The third kappa shape index (κ3) is 6.16. The molecule has 0 aromatic carbocycles. The van der Waals surface area contributed by atoms with E-state index in [0.29, 0.717) is 31.9 Å². The van der Waals surface area contributed by atoms with Crippen molar-refractivity contribution >= 4 is 22.2 Å². The third-order valence-electron chi connectivity index (χ3n) is 5.20. The van der Waals surface area contributed by atoms with Gasteiger partial charge in [0.05, 0.1) is 5.69 Å². The normalized spacial score (nSPS) is 18.5. The summed E-state index contributed by atoms with van der Waals surface area (Å²) in [5.74, 6) is -0.558. The molecule has 1 aromatic rings. The van der Waals surface area contributed by atoms with Crippen LogP contribution in [0.15, 0.2) is 0 Å². The number of aromatic nitrogens is 2. The lowest BCUT2D eigenvalue weighted by Gasteiger charge is -2.32. The molecule has 3 rings (SSSR count). The summed E-state index contributed by atoms with van der Waals surface area (Å²) in [7, 11) is -3.99. The average molecular weight is 496 g/mol. The number of nitrogens with zero attached hydrogens (tertiary/aromatic N) is 5. The number of carbonyl (C=O) groups is 1. The number of hydrogen-bond acceptors (Lipinski definition) is 9. The Bertz CT molecular complexity index is 989. The molecule has 3 heterocycles. The topological polar surface area (TPSA) is 105 Å². The van der Waals surface area contributed by atoms with Crippen molar-refractivity contribution < 1.29 is 35.3 Å². The summed E-state index contributed by atoms with van der Waals surface area (Å²) in [6, 6.07) is 0. The van der Waals surface area contributed by atoms with Gasteiger partial charge in [0.1, 0.15) is 5.60 Å². The van der Waals surface area contributed by atoms with Gasteiger partial charge < -0.3 is 23.6 Å². The Morgan fingerprint density at radius 3 is 2.15 bits per heavy atom. The van der Waals surface area contributed by atoms with Gasteiger partial charge in [0, 0.05) is 51.3 Å². The van der Waals surface area contributed by atoms with Gasteiger partial charge in [-0.25, -0.2) is 9.78 Å². The number of alkyl halides is 3. The van der Waals surface area contributed by atoms with Crippen LogP contribution in [0.3, 0.4) is 0 Å². The highest BCUT2D eigenvalue weighted by molar-refractivity contribution is 7.87. The van der Waals surface area contributed by atoms with Crippen LogP contribution < -0.4 is 9.08 Å². The van der Waals surface area contributed by atoms with Gasteiger partial charge in [0.25, 0.3) is 0 Å². The molecule has 10 nitrogen and oxygen atoms in total. The zero-order valence-corrected chi connectivity index (χ0v) is 19.8. The first-order chi connectivity index (χ1) is 15.2. The van der Waals surface area contributed by atoms with Gasteiger partial charge in [-0.05, 0) is 34.2 Å². The predicted octanol–water partition coefficient (Wildman–Crippen LogP) is 1.79. The van der Waals surface area contributed by atoms with Crippen LogP contribution in [0.5, 0.6) is 5.88 Å².